The highest BCUT2D eigenvalue weighted by atomic mass is 35.5. The number of hydrogen-bond donors (Lipinski definition) is 1. The number of allylic oxidation sites excluding steroid dienone is 1. The number of nitrogens with zero attached hydrogens (tertiary/aromatic N) is 3. The standard InChI is InChI=1S/C34H35ClN4O4/c1-34(22-40)11-9-29(23-3-5-26(35)6-4-23)25(19-34)21-38-13-15-39(16-14-38)27-7-8-30(33(41)42-2)31(18-27)43-28-17-24-10-12-36-32(24)37-20-28/h3-8,10,12,17-18,20,22H,9,11,13-16,19,21H2,1-2H3,(H,36,37)/t34-/m1/s1. The number of fused-ring (bicyclic) bond motifs is 1. The number of nitrogens with one attached hydrogen (secondary N) is 1. The maximum atomic E-state index is 12.6. The molecule has 6 rings (SSSR count). The van der Waals surface area contributed by atoms with Crippen molar-refractivity contribution in [2.75, 3.05) is 44.7 Å². The first kappa shape index (κ1) is 29.0. The Morgan fingerprint density at radius 3 is 2.63 bits per heavy atom. The van der Waals surface area contributed by atoms with Gasteiger partial charge in [0.25, 0.3) is 0 Å². The van der Waals surface area contributed by atoms with Crippen molar-refractivity contribution in [3.05, 3.63) is 88.7 Å². The third-order valence-electron chi connectivity index (χ3n) is 8.59. The van der Waals surface area contributed by atoms with Gasteiger partial charge >= 0.3 is 5.97 Å². The Bertz CT molecular complexity index is 1670. The van der Waals surface area contributed by atoms with E-state index in [1.54, 1.807) is 12.3 Å². The molecular formula is C34H35ClN4O4. The number of carbonyl (C=O) groups is 2. The largest absolute Gasteiger partial charge is 0.465 e. The third kappa shape index (κ3) is 6.31. The number of anilines is 1. The summed E-state index contributed by atoms with van der Waals surface area (Å²) in [5, 5.41) is 1.65. The van der Waals surface area contributed by atoms with Crippen molar-refractivity contribution in [3.8, 4) is 11.5 Å². The molecule has 0 saturated carbocycles. The van der Waals surface area contributed by atoms with Crippen LogP contribution < -0.4 is 9.64 Å². The fourth-order valence-corrected chi connectivity index (χ4v) is 6.25. The Labute approximate surface area is 256 Å². The minimum atomic E-state index is -0.457. The molecule has 1 N–H and O–H groups in total. The number of piperazine rings is 1. The van der Waals surface area contributed by atoms with Crippen LogP contribution in [0.3, 0.4) is 0 Å². The van der Waals surface area contributed by atoms with Crippen LogP contribution in [0, 0.1) is 5.41 Å². The maximum absolute atomic E-state index is 12.6. The molecule has 1 fully saturated rings. The average Bonchev–Trinajstić information content (AvgIpc) is 3.50. The molecule has 2 aromatic carbocycles. The summed E-state index contributed by atoms with van der Waals surface area (Å²) in [7, 11) is 1.37. The van der Waals surface area contributed by atoms with E-state index in [0.717, 1.165) is 80.0 Å². The molecule has 1 saturated heterocycles. The van der Waals surface area contributed by atoms with Crippen LogP contribution in [0.15, 0.2) is 72.6 Å². The monoisotopic (exact) mass is 598 g/mol. The van der Waals surface area contributed by atoms with Crippen LogP contribution in [0.2, 0.25) is 5.02 Å². The highest BCUT2D eigenvalue weighted by molar-refractivity contribution is 6.30. The first-order valence-electron chi connectivity index (χ1n) is 14.6. The second-order valence-corrected chi connectivity index (χ2v) is 12.1. The van der Waals surface area contributed by atoms with Gasteiger partial charge in [0.1, 0.15) is 29.0 Å². The lowest BCUT2D eigenvalue weighted by Crippen LogP contribution is -2.47. The molecule has 1 aliphatic carbocycles. The summed E-state index contributed by atoms with van der Waals surface area (Å²) < 4.78 is 11.2. The number of aromatic nitrogens is 2. The number of carbonyl (C=O) groups excluding carboxylic acids is 2. The number of H-pyrrole nitrogens is 1. The Morgan fingerprint density at radius 2 is 1.88 bits per heavy atom. The van der Waals surface area contributed by atoms with Gasteiger partial charge in [0.2, 0.25) is 0 Å². The van der Waals surface area contributed by atoms with Crippen LogP contribution in [0.5, 0.6) is 11.5 Å². The second kappa shape index (κ2) is 12.2. The molecule has 4 aromatic rings. The molecule has 0 radical (unpaired) electrons. The number of ether oxygens (including phenoxy) is 2. The second-order valence-electron chi connectivity index (χ2n) is 11.7. The SMILES string of the molecule is COC(=O)c1ccc(N2CCN(CC3=C(c4ccc(Cl)cc4)CC[C@@](C)(C=O)C3)CC2)cc1Oc1cnc2[nH]ccc2c1. The van der Waals surface area contributed by atoms with Crippen LogP contribution in [0.4, 0.5) is 5.69 Å². The number of aldehydes is 1. The number of aromatic amines is 1. The number of rotatable bonds is 8. The van der Waals surface area contributed by atoms with Crippen LogP contribution in [-0.2, 0) is 9.53 Å². The van der Waals surface area contributed by atoms with Crippen LogP contribution in [0.25, 0.3) is 16.6 Å². The van der Waals surface area contributed by atoms with Crippen molar-refractivity contribution >= 4 is 46.2 Å². The smallest absolute Gasteiger partial charge is 0.341 e. The van der Waals surface area contributed by atoms with E-state index in [2.05, 4.69) is 38.8 Å². The molecule has 3 heterocycles. The fourth-order valence-electron chi connectivity index (χ4n) is 6.13. The van der Waals surface area contributed by atoms with Crippen LogP contribution in [-0.4, -0.2) is 67.0 Å². The van der Waals surface area contributed by atoms with Crippen LogP contribution in [0.1, 0.15) is 42.1 Å². The minimum absolute atomic E-state index is 0.327. The molecule has 0 spiro atoms. The van der Waals surface area contributed by atoms with Gasteiger partial charge in [0.15, 0.2) is 0 Å². The van der Waals surface area contributed by atoms with E-state index < -0.39 is 5.97 Å². The van der Waals surface area contributed by atoms with Crippen molar-refractivity contribution in [2.45, 2.75) is 26.2 Å². The normalized spacial score (nSPS) is 19.5. The van der Waals surface area contributed by atoms with E-state index in [0.29, 0.717) is 17.1 Å². The third-order valence-corrected chi connectivity index (χ3v) is 8.84. The molecule has 1 atom stereocenters. The van der Waals surface area contributed by atoms with Gasteiger partial charge in [-0.15, -0.1) is 0 Å². The van der Waals surface area contributed by atoms with Crippen molar-refractivity contribution in [3.63, 3.8) is 0 Å². The summed E-state index contributed by atoms with van der Waals surface area (Å²) in [4.78, 5) is 36.8. The highest BCUT2D eigenvalue weighted by Crippen LogP contribution is 2.42. The zero-order valence-corrected chi connectivity index (χ0v) is 25.2. The van der Waals surface area contributed by atoms with Gasteiger partial charge in [0, 0.05) is 66.5 Å². The fraction of sp³-hybridized carbons (Fsp3) is 0.324. The predicted molar refractivity (Wildman–Crippen MR) is 169 cm³/mol. The van der Waals surface area contributed by atoms with Gasteiger partial charge in [0.05, 0.1) is 13.3 Å². The molecule has 0 unspecified atom stereocenters. The Balaban J connectivity index is 1.19. The summed E-state index contributed by atoms with van der Waals surface area (Å²) >= 11 is 6.16. The van der Waals surface area contributed by atoms with E-state index >= 15 is 0 Å². The average molecular weight is 599 g/mol. The Morgan fingerprint density at radius 1 is 1.09 bits per heavy atom. The lowest BCUT2D eigenvalue weighted by atomic mass is 9.72. The summed E-state index contributed by atoms with van der Waals surface area (Å²) in [6.45, 7) is 6.29. The van der Waals surface area contributed by atoms with E-state index in [9.17, 15) is 9.59 Å². The molecular weight excluding hydrogens is 564 g/mol. The van der Waals surface area contributed by atoms with Crippen LogP contribution >= 0.6 is 11.6 Å². The Hall–Kier alpha value is -4.14. The Kier molecular flexibility index (Phi) is 8.23. The zero-order valence-electron chi connectivity index (χ0n) is 24.4. The molecule has 8 nitrogen and oxygen atoms in total. The number of pyridine rings is 1. The van der Waals surface area contributed by atoms with Crippen molar-refractivity contribution in [1.29, 1.82) is 0 Å². The zero-order chi connectivity index (χ0) is 30.0. The van der Waals surface area contributed by atoms with E-state index in [-0.39, 0.29) is 5.41 Å². The molecule has 0 amide bonds. The number of benzene rings is 2. The van der Waals surface area contributed by atoms with Crippen molar-refractivity contribution in [1.82, 2.24) is 14.9 Å². The van der Waals surface area contributed by atoms with E-state index in [4.69, 9.17) is 21.1 Å². The number of halogens is 1. The molecule has 0 bridgehead atoms. The highest BCUT2D eigenvalue weighted by Gasteiger charge is 2.32. The summed E-state index contributed by atoms with van der Waals surface area (Å²) in [5.74, 6) is 0.511. The van der Waals surface area contributed by atoms with Gasteiger partial charge < -0.3 is 24.2 Å². The molecule has 2 aliphatic rings. The van der Waals surface area contributed by atoms with E-state index in [1.165, 1.54) is 23.8 Å². The molecule has 1 aliphatic heterocycles. The summed E-state index contributed by atoms with van der Waals surface area (Å²) in [6, 6.07) is 17.5. The lowest BCUT2D eigenvalue weighted by molar-refractivity contribution is -0.115. The maximum Gasteiger partial charge on any atom is 0.341 e. The van der Waals surface area contributed by atoms with Gasteiger partial charge in [-0.1, -0.05) is 36.2 Å². The number of methoxy groups -OCH3 is 1. The summed E-state index contributed by atoms with van der Waals surface area (Å²) in [5.41, 5.74) is 5.64. The molecule has 222 valence electrons. The van der Waals surface area contributed by atoms with Gasteiger partial charge in [-0.2, -0.15) is 0 Å². The quantitative estimate of drug-likeness (QED) is 0.177. The predicted octanol–water partition coefficient (Wildman–Crippen LogP) is 6.76. The lowest BCUT2D eigenvalue weighted by Gasteiger charge is -2.39. The molecule has 9 heteroatoms. The molecule has 43 heavy (non-hydrogen) atoms. The van der Waals surface area contributed by atoms with Crippen molar-refractivity contribution < 1.29 is 19.1 Å². The first-order valence-corrected chi connectivity index (χ1v) is 15.0. The number of esters is 1. The van der Waals surface area contributed by atoms with E-state index in [1.807, 2.05) is 42.6 Å². The van der Waals surface area contributed by atoms with Gasteiger partial charge in [-0.25, -0.2) is 9.78 Å². The van der Waals surface area contributed by atoms with Gasteiger partial charge in [-0.05, 0) is 66.8 Å². The topological polar surface area (TPSA) is 87.8 Å². The van der Waals surface area contributed by atoms with Gasteiger partial charge in [-0.3, -0.25) is 4.90 Å². The molecule has 2 aromatic heterocycles. The minimum Gasteiger partial charge on any atom is -0.465 e. The first-order chi connectivity index (χ1) is 20.8. The summed E-state index contributed by atoms with van der Waals surface area (Å²) in [6.07, 6.45) is 7.10. The number of hydrogen-bond acceptors (Lipinski definition) is 7. The van der Waals surface area contributed by atoms with Crippen molar-refractivity contribution in [2.24, 2.45) is 5.41 Å².